The predicted octanol–water partition coefficient (Wildman–Crippen LogP) is 1.70. The average Bonchev–Trinajstić information content (AvgIpc) is 2.51. The SMILES string of the molecule is CCC(C)CN1CCC[C@H]1C=O. The van der Waals surface area contributed by atoms with E-state index in [1.165, 1.54) is 12.8 Å². The van der Waals surface area contributed by atoms with Crippen LogP contribution in [0.3, 0.4) is 0 Å². The van der Waals surface area contributed by atoms with Crippen LogP contribution in [0, 0.1) is 5.92 Å². The van der Waals surface area contributed by atoms with Crippen molar-refractivity contribution in [2.24, 2.45) is 5.92 Å². The Morgan fingerprint density at radius 1 is 1.67 bits per heavy atom. The van der Waals surface area contributed by atoms with E-state index in [4.69, 9.17) is 0 Å². The van der Waals surface area contributed by atoms with Gasteiger partial charge >= 0.3 is 0 Å². The molecule has 12 heavy (non-hydrogen) atoms. The van der Waals surface area contributed by atoms with Crippen LogP contribution in [0.2, 0.25) is 0 Å². The summed E-state index contributed by atoms with van der Waals surface area (Å²) in [5.41, 5.74) is 0. The molecule has 0 aliphatic carbocycles. The smallest absolute Gasteiger partial charge is 0.137 e. The zero-order valence-corrected chi connectivity index (χ0v) is 8.12. The Bertz CT molecular complexity index is 147. The number of nitrogens with zero attached hydrogens (tertiary/aromatic N) is 1. The van der Waals surface area contributed by atoms with Gasteiger partial charge in [0.05, 0.1) is 6.04 Å². The molecular formula is C10H19NO. The highest BCUT2D eigenvalue weighted by molar-refractivity contribution is 5.58. The van der Waals surface area contributed by atoms with Gasteiger partial charge in [0, 0.05) is 6.54 Å². The molecule has 70 valence electrons. The first kappa shape index (κ1) is 9.72. The van der Waals surface area contributed by atoms with Crippen LogP contribution >= 0.6 is 0 Å². The van der Waals surface area contributed by atoms with E-state index < -0.39 is 0 Å². The zero-order valence-electron chi connectivity index (χ0n) is 8.12. The quantitative estimate of drug-likeness (QED) is 0.597. The van der Waals surface area contributed by atoms with Gasteiger partial charge in [0.25, 0.3) is 0 Å². The van der Waals surface area contributed by atoms with Crippen molar-refractivity contribution in [2.45, 2.75) is 39.2 Å². The molecule has 1 aliphatic heterocycles. The summed E-state index contributed by atoms with van der Waals surface area (Å²) in [6.07, 6.45) is 4.58. The molecule has 1 saturated heterocycles. The van der Waals surface area contributed by atoms with Gasteiger partial charge in [-0.2, -0.15) is 0 Å². The van der Waals surface area contributed by atoms with Crippen molar-refractivity contribution in [3.8, 4) is 0 Å². The van der Waals surface area contributed by atoms with Crippen molar-refractivity contribution >= 4 is 6.29 Å². The maximum Gasteiger partial charge on any atom is 0.137 e. The molecule has 0 radical (unpaired) electrons. The van der Waals surface area contributed by atoms with Crippen molar-refractivity contribution in [3.63, 3.8) is 0 Å². The molecule has 1 heterocycles. The molecule has 0 spiro atoms. The normalized spacial score (nSPS) is 27.3. The van der Waals surface area contributed by atoms with E-state index in [-0.39, 0.29) is 6.04 Å². The summed E-state index contributed by atoms with van der Waals surface area (Å²) in [5.74, 6) is 0.727. The lowest BCUT2D eigenvalue weighted by Gasteiger charge is -2.23. The van der Waals surface area contributed by atoms with Gasteiger partial charge in [-0.1, -0.05) is 20.3 Å². The minimum absolute atomic E-state index is 0.221. The Morgan fingerprint density at radius 3 is 3.00 bits per heavy atom. The molecule has 2 nitrogen and oxygen atoms in total. The second-order valence-electron chi connectivity index (χ2n) is 3.85. The van der Waals surface area contributed by atoms with Crippen molar-refractivity contribution < 1.29 is 4.79 Å². The Hall–Kier alpha value is -0.370. The molecule has 1 rings (SSSR count). The van der Waals surface area contributed by atoms with Crippen molar-refractivity contribution in [1.29, 1.82) is 0 Å². The third-order valence-electron chi connectivity index (χ3n) is 2.81. The van der Waals surface area contributed by atoms with Crippen LogP contribution in [0.4, 0.5) is 0 Å². The van der Waals surface area contributed by atoms with E-state index in [1.54, 1.807) is 0 Å². The summed E-state index contributed by atoms with van der Waals surface area (Å²) in [4.78, 5) is 13.0. The number of hydrogen-bond donors (Lipinski definition) is 0. The van der Waals surface area contributed by atoms with Gasteiger partial charge in [0.15, 0.2) is 0 Å². The summed E-state index contributed by atoms with van der Waals surface area (Å²) in [7, 11) is 0. The van der Waals surface area contributed by atoms with E-state index in [9.17, 15) is 4.79 Å². The van der Waals surface area contributed by atoms with Gasteiger partial charge in [-0.15, -0.1) is 0 Å². The van der Waals surface area contributed by atoms with E-state index in [0.717, 1.165) is 31.7 Å². The molecule has 1 unspecified atom stereocenters. The lowest BCUT2D eigenvalue weighted by atomic mass is 10.1. The van der Waals surface area contributed by atoms with E-state index in [1.807, 2.05) is 0 Å². The number of aldehydes is 1. The van der Waals surface area contributed by atoms with Gasteiger partial charge < -0.3 is 4.79 Å². The fourth-order valence-corrected chi connectivity index (χ4v) is 1.76. The fraction of sp³-hybridized carbons (Fsp3) is 0.900. The highest BCUT2D eigenvalue weighted by Gasteiger charge is 2.24. The Morgan fingerprint density at radius 2 is 2.42 bits per heavy atom. The number of carbonyl (C=O) groups is 1. The summed E-state index contributed by atoms with van der Waals surface area (Å²) in [6, 6.07) is 0.221. The number of likely N-dealkylation sites (tertiary alicyclic amines) is 1. The maximum absolute atomic E-state index is 10.6. The molecule has 0 bridgehead atoms. The zero-order chi connectivity index (χ0) is 8.97. The molecule has 0 aromatic heterocycles. The standard InChI is InChI=1S/C10H19NO/c1-3-9(2)7-11-6-4-5-10(11)8-12/h8-10H,3-7H2,1-2H3/t9?,10-/m0/s1. The van der Waals surface area contributed by atoms with E-state index >= 15 is 0 Å². The minimum atomic E-state index is 0.221. The van der Waals surface area contributed by atoms with Crippen LogP contribution in [-0.2, 0) is 4.79 Å². The fourth-order valence-electron chi connectivity index (χ4n) is 1.76. The molecule has 1 aliphatic rings. The lowest BCUT2D eigenvalue weighted by molar-refractivity contribution is -0.111. The number of rotatable bonds is 4. The summed E-state index contributed by atoms with van der Waals surface area (Å²) in [6.45, 7) is 6.67. The van der Waals surface area contributed by atoms with Crippen LogP contribution in [-0.4, -0.2) is 30.3 Å². The van der Waals surface area contributed by atoms with Crippen molar-refractivity contribution in [2.75, 3.05) is 13.1 Å². The predicted molar refractivity (Wildman–Crippen MR) is 50.1 cm³/mol. The average molecular weight is 169 g/mol. The van der Waals surface area contributed by atoms with Gasteiger partial charge in [-0.05, 0) is 25.3 Å². The first-order valence-corrected chi connectivity index (χ1v) is 4.97. The van der Waals surface area contributed by atoms with Crippen molar-refractivity contribution in [1.82, 2.24) is 4.90 Å². The molecule has 0 aromatic rings. The molecule has 0 amide bonds. The first-order chi connectivity index (χ1) is 5.77. The molecule has 2 atom stereocenters. The summed E-state index contributed by atoms with van der Waals surface area (Å²) < 4.78 is 0. The number of hydrogen-bond acceptors (Lipinski definition) is 2. The van der Waals surface area contributed by atoms with Crippen LogP contribution in [0.5, 0.6) is 0 Å². The Kier molecular flexibility index (Phi) is 3.73. The van der Waals surface area contributed by atoms with E-state index in [0.29, 0.717) is 0 Å². The molecule has 0 saturated carbocycles. The Labute approximate surface area is 74.9 Å². The molecule has 0 aromatic carbocycles. The number of carbonyl (C=O) groups excluding carboxylic acids is 1. The van der Waals surface area contributed by atoms with Crippen LogP contribution in [0.15, 0.2) is 0 Å². The lowest BCUT2D eigenvalue weighted by Crippen LogP contribution is -2.34. The maximum atomic E-state index is 10.6. The van der Waals surface area contributed by atoms with Gasteiger partial charge in [0.2, 0.25) is 0 Å². The highest BCUT2D eigenvalue weighted by atomic mass is 16.1. The molecule has 0 N–H and O–H groups in total. The largest absolute Gasteiger partial charge is 0.302 e. The van der Waals surface area contributed by atoms with Gasteiger partial charge in [-0.3, -0.25) is 4.90 Å². The summed E-state index contributed by atoms with van der Waals surface area (Å²) in [5, 5.41) is 0. The summed E-state index contributed by atoms with van der Waals surface area (Å²) >= 11 is 0. The molecule has 2 heteroatoms. The van der Waals surface area contributed by atoms with Crippen molar-refractivity contribution in [3.05, 3.63) is 0 Å². The molecular weight excluding hydrogens is 150 g/mol. The van der Waals surface area contributed by atoms with Crippen LogP contribution < -0.4 is 0 Å². The third kappa shape index (κ3) is 2.31. The van der Waals surface area contributed by atoms with E-state index in [2.05, 4.69) is 18.7 Å². The minimum Gasteiger partial charge on any atom is -0.302 e. The first-order valence-electron chi connectivity index (χ1n) is 4.97. The van der Waals surface area contributed by atoms with Gasteiger partial charge in [0.1, 0.15) is 6.29 Å². The second kappa shape index (κ2) is 4.61. The second-order valence-corrected chi connectivity index (χ2v) is 3.85. The van der Waals surface area contributed by atoms with Crippen LogP contribution in [0.25, 0.3) is 0 Å². The van der Waals surface area contributed by atoms with Gasteiger partial charge in [-0.25, -0.2) is 0 Å². The molecule has 1 fully saturated rings. The topological polar surface area (TPSA) is 20.3 Å². The Balaban J connectivity index is 2.35. The third-order valence-corrected chi connectivity index (χ3v) is 2.81. The highest BCUT2D eigenvalue weighted by Crippen LogP contribution is 2.17. The monoisotopic (exact) mass is 169 g/mol. The van der Waals surface area contributed by atoms with Crippen LogP contribution in [0.1, 0.15) is 33.1 Å².